The van der Waals surface area contributed by atoms with Crippen molar-refractivity contribution in [1.82, 2.24) is 10.3 Å². The number of pyridine rings is 1. The summed E-state index contributed by atoms with van der Waals surface area (Å²) in [4.78, 5) is 16.6. The monoisotopic (exact) mass is 302 g/mol. The van der Waals surface area contributed by atoms with Gasteiger partial charge in [0.1, 0.15) is 5.15 Å². The van der Waals surface area contributed by atoms with Crippen LogP contribution < -0.4 is 5.32 Å². The second-order valence-corrected chi connectivity index (χ2v) is 5.75. The molecule has 0 bridgehead atoms. The lowest BCUT2D eigenvalue weighted by Crippen LogP contribution is -2.26. The van der Waals surface area contributed by atoms with Crippen molar-refractivity contribution < 1.29 is 4.79 Å². The normalized spacial score (nSPS) is 12.2. The fraction of sp³-hybridized carbons (Fsp3) is 0.294. The van der Waals surface area contributed by atoms with E-state index in [1.54, 1.807) is 12.1 Å². The van der Waals surface area contributed by atoms with E-state index in [1.807, 2.05) is 51.1 Å². The molecule has 1 atom stereocenters. The first kappa shape index (κ1) is 15.5. The quantitative estimate of drug-likeness (QED) is 0.853. The van der Waals surface area contributed by atoms with Crippen LogP contribution in [0.2, 0.25) is 5.15 Å². The van der Waals surface area contributed by atoms with E-state index in [-0.39, 0.29) is 17.9 Å². The fourth-order valence-electron chi connectivity index (χ4n) is 2.05. The summed E-state index contributed by atoms with van der Waals surface area (Å²) in [5.41, 5.74) is 2.43. The van der Waals surface area contributed by atoms with E-state index in [2.05, 4.69) is 10.3 Å². The molecular formula is C17H19ClN2O. The van der Waals surface area contributed by atoms with Gasteiger partial charge in [-0.15, -0.1) is 0 Å². The average molecular weight is 303 g/mol. The van der Waals surface area contributed by atoms with Gasteiger partial charge < -0.3 is 5.32 Å². The van der Waals surface area contributed by atoms with Gasteiger partial charge in [0.25, 0.3) is 5.91 Å². The Labute approximate surface area is 130 Å². The zero-order valence-electron chi connectivity index (χ0n) is 12.4. The minimum Gasteiger partial charge on any atom is -0.346 e. The molecular weight excluding hydrogens is 284 g/mol. The van der Waals surface area contributed by atoms with Gasteiger partial charge in [0.05, 0.1) is 6.04 Å². The first-order valence-electron chi connectivity index (χ1n) is 7.00. The number of rotatable bonds is 4. The van der Waals surface area contributed by atoms with Crippen LogP contribution in [0.25, 0.3) is 0 Å². The number of nitrogens with zero attached hydrogens (tertiary/aromatic N) is 1. The van der Waals surface area contributed by atoms with Gasteiger partial charge in [-0.25, -0.2) is 4.98 Å². The summed E-state index contributed by atoms with van der Waals surface area (Å²) in [7, 11) is 0. The third-order valence-corrected chi connectivity index (χ3v) is 3.51. The first-order chi connectivity index (χ1) is 9.97. The van der Waals surface area contributed by atoms with Crippen LogP contribution in [0.3, 0.4) is 0 Å². The molecule has 110 valence electrons. The largest absolute Gasteiger partial charge is 0.346 e. The van der Waals surface area contributed by atoms with E-state index in [9.17, 15) is 4.79 Å². The van der Waals surface area contributed by atoms with E-state index in [0.717, 1.165) is 11.3 Å². The summed E-state index contributed by atoms with van der Waals surface area (Å²) in [5, 5.41) is 3.33. The predicted molar refractivity (Wildman–Crippen MR) is 85.7 cm³/mol. The van der Waals surface area contributed by atoms with Gasteiger partial charge in [0.15, 0.2) is 0 Å². The van der Waals surface area contributed by atoms with Gasteiger partial charge in [0, 0.05) is 11.3 Å². The minimum absolute atomic E-state index is 0.0619. The van der Waals surface area contributed by atoms with Crippen LogP contribution in [0.15, 0.2) is 42.5 Å². The summed E-state index contributed by atoms with van der Waals surface area (Å²) in [6.07, 6.45) is 0. The van der Waals surface area contributed by atoms with Gasteiger partial charge in [-0.1, -0.05) is 55.8 Å². The smallest absolute Gasteiger partial charge is 0.251 e. The number of nitrogens with one attached hydrogen (secondary N) is 1. The maximum Gasteiger partial charge on any atom is 0.251 e. The van der Waals surface area contributed by atoms with E-state index < -0.39 is 0 Å². The molecule has 0 fully saturated rings. The Balaban J connectivity index is 2.17. The lowest BCUT2D eigenvalue weighted by atomic mass is 10.1. The number of amides is 1. The molecule has 0 aliphatic carbocycles. The standard InChI is InChI=1S/C17H19ClN2O/c1-11(2)15-9-14(10-16(18)20-15)17(21)19-12(3)13-7-5-4-6-8-13/h4-12H,1-3H3,(H,19,21)/t12-/m1/s1. The molecule has 1 amide bonds. The molecule has 1 aromatic heterocycles. The molecule has 21 heavy (non-hydrogen) atoms. The minimum atomic E-state index is -0.141. The highest BCUT2D eigenvalue weighted by molar-refractivity contribution is 6.29. The Morgan fingerprint density at radius 3 is 2.43 bits per heavy atom. The molecule has 0 saturated heterocycles. The van der Waals surface area contributed by atoms with Crippen LogP contribution in [0.4, 0.5) is 0 Å². The first-order valence-corrected chi connectivity index (χ1v) is 7.38. The molecule has 1 aromatic carbocycles. The highest BCUT2D eigenvalue weighted by atomic mass is 35.5. The molecule has 0 aliphatic heterocycles. The number of halogens is 1. The molecule has 0 radical (unpaired) electrons. The van der Waals surface area contributed by atoms with Gasteiger partial charge in [0.2, 0.25) is 0 Å². The summed E-state index contributed by atoms with van der Waals surface area (Å²) >= 11 is 6.00. The number of aromatic nitrogens is 1. The second-order valence-electron chi connectivity index (χ2n) is 5.36. The zero-order valence-corrected chi connectivity index (χ0v) is 13.2. The number of benzene rings is 1. The Morgan fingerprint density at radius 2 is 1.81 bits per heavy atom. The average Bonchev–Trinajstić information content (AvgIpc) is 2.47. The molecule has 0 saturated carbocycles. The summed E-state index contributed by atoms with van der Waals surface area (Å²) < 4.78 is 0. The Hall–Kier alpha value is -1.87. The van der Waals surface area contributed by atoms with Crippen molar-refractivity contribution in [1.29, 1.82) is 0 Å². The Kier molecular flexibility index (Phi) is 4.97. The summed E-state index contributed by atoms with van der Waals surface area (Å²) in [5.74, 6) is 0.0827. The van der Waals surface area contributed by atoms with Gasteiger partial charge in [-0.05, 0) is 30.5 Å². The molecule has 0 unspecified atom stereocenters. The van der Waals surface area contributed by atoms with Crippen LogP contribution in [-0.2, 0) is 0 Å². The molecule has 0 spiro atoms. The fourth-order valence-corrected chi connectivity index (χ4v) is 2.26. The molecule has 2 rings (SSSR count). The van der Waals surface area contributed by atoms with Crippen molar-refractivity contribution in [2.24, 2.45) is 0 Å². The SMILES string of the molecule is CC(C)c1cc(C(=O)N[C@H](C)c2ccccc2)cc(Cl)n1. The van der Waals surface area contributed by atoms with Gasteiger partial charge in [-0.3, -0.25) is 4.79 Å². The van der Waals surface area contributed by atoms with Crippen molar-refractivity contribution in [2.45, 2.75) is 32.7 Å². The molecule has 4 heteroatoms. The van der Waals surface area contributed by atoms with Crippen molar-refractivity contribution >= 4 is 17.5 Å². The van der Waals surface area contributed by atoms with Crippen LogP contribution in [0.1, 0.15) is 54.3 Å². The van der Waals surface area contributed by atoms with Gasteiger partial charge >= 0.3 is 0 Å². The van der Waals surface area contributed by atoms with Crippen LogP contribution >= 0.6 is 11.6 Å². The lowest BCUT2D eigenvalue weighted by Gasteiger charge is -2.15. The summed E-state index contributed by atoms with van der Waals surface area (Å²) in [6, 6.07) is 13.2. The van der Waals surface area contributed by atoms with Crippen LogP contribution in [0.5, 0.6) is 0 Å². The van der Waals surface area contributed by atoms with E-state index in [4.69, 9.17) is 11.6 Å². The Morgan fingerprint density at radius 1 is 1.14 bits per heavy atom. The van der Waals surface area contributed by atoms with Crippen LogP contribution in [0, 0.1) is 0 Å². The third-order valence-electron chi connectivity index (χ3n) is 3.31. The topological polar surface area (TPSA) is 42.0 Å². The van der Waals surface area contributed by atoms with Crippen molar-refractivity contribution in [3.8, 4) is 0 Å². The maximum atomic E-state index is 12.4. The maximum absolute atomic E-state index is 12.4. The van der Waals surface area contributed by atoms with Gasteiger partial charge in [-0.2, -0.15) is 0 Å². The number of hydrogen-bond acceptors (Lipinski definition) is 2. The van der Waals surface area contributed by atoms with Crippen LogP contribution in [-0.4, -0.2) is 10.9 Å². The highest BCUT2D eigenvalue weighted by Gasteiger charge is 2.14. The Bertz CT molecular complexity index is 626. The highest BCUT2D eigenvalue weighted by Crippen LogP contribution is 2.19. The number of carbonyl (C=O) groups excluding carboxylic acids is 1. The molecule has 2 aromatic rings. The predicted octanol–water partition coefficient (Wildman–Crippen LogP) is 4.35. The number of hydrogen-bond donors (Lipinski definition) is 1. The third kappa shape index (κ3) is 4.05. The number of carbonyl (C=O) groups is 1. The van der Waals surface area contributed by atoms with Crippen molar-refractivity contribution in [3.05, 3.63) is 64.4 Å². The zero-order chi connectivity index (χ0) is 15.4. The molecule has 3 nitrogen and oxygen atoms in total. The second kappa shape index (κ2) is 6.72. The summed E-state index contributed by atoms with van der Waals surface area (Å²) in [6.45, 7) is 6.00. The molecule has 1 N–H and O–H groups in total. The van der Waals surface area contributed by atoms with Crippen molar-refractivity contribution in [2.75, 3.05) is 0 Å². The van der Waals surface area contributed by atoms with Crippen molar-refractivity contribution in [3.63, 3.8) is 0 Å². The van der Waals surface area contributed by atoms with E-state index in [1.165, 1.54) is 0 Å². The molecule has 1 heterocycles. The molecule has 0 aliphatic rings. The lowest BCUT2D eigenvalue weighted by molar-refractivity contribution is 0.0939. The van der Waals surface area contributed by atoms with E-state index >= 15 is 0 Å². The van der Waals surface area contributed by atoms with E-state index in [0.29, 0.717) is 10.7 Å².